The van der Waals surface area contributed by atoms with Crippen molar-refractivity contribution in [3.8, 4) is 11.1 Å². The summed E-state index contributed by atoms with van der Waals surface area (Å²) in [6.07, 6.45) is 0. The number of anilines is 3. The quantitative estimate of drug-likeness (QED) is 0.296. The molecular weight excluding hydrogens is 396 g/mol. The summed E-state index contributed by atoms with van der Waals surface area (Å²) < 4.78 is 1.64. The van der Waals surface area contributed by atoms with Gasteiger partial charge in [0.2, 0.25) is 0 Å². The van der Waals surface area contributed by atoms with Crippen molar-refractivity contribution in [1.29, 1.82) is 0 Å². The molecule has 0 saturated heterocycles. The molecule has 0 N–H and O–H groups in total. The van der Waals surface area contributed by atoms with Gasteiger partial charge in [-0.15, -0.1) is 11.3 Å². The lowest BCUT2D eigenvalue weighted by Gasteiger charge is -2.25. The van der Waals surface area contributed by atoms with E-state index in [2.05, 4.69) is 94.8 Å². The molecule has 0 saturated carbocycles. The summed E-state index contributed by atoms with van der Waals surface area (Å²) in [5.41, 5.74) is 6.63. The van der Waals surface area contributed by atoms with Gasteiger partial charge in [-0.3, -0.25) is 0 Å². The van der Waals surface area contributed by atoms with Crippen molar-refractivity contribution in [2.75, 3.05) is 4.90 Å². The highest BCUT2D eigenvalue weighted by Gasteiger charge is 2.14. The maximum atomic E-state index is 6.12. The van der Waals surface area contributed by atoms with Gasteiger partial charge in [0.25, 0.3) is 0 Å². The van der Waals surface area contributed by atoms with Crippen LogP contribution in [-0.4, -0.2) is 4.98 Å². The van der Waals surface area contributed by atoms with E-state index < -0.39 is 0 Å². The topological polar surface area (TPSA) is 16.1 Å². The van der Waals surface area contributed by atoms with E-state index in [9.17, 15) is 0 Å². The summed E-state index contributed by atoms with van der Waals surface area (Å²) in [7, 11) is 0. The summed E-state index contributed by atoms with van der Waals surface area (Å²) in [5.74, 6) is 0. The zero-order chi connectivity index (χ0) is 19.6. The molecule has 2 nitrogen and oxygen atoms in total. The number of aromatic nitrogens is 1. The third-order valence-corrected chi connectivity index (χ3v) is 5.97. The van der Waals surface area contributed by atoms with E-state index in [1.807, 2.05) is 18.2 Å². The molecule has 4 heteroatoms. The second-order valence-corrected chi connectivity index (χ2v) is 8.32. The highest BCUT2D eigenvalue weighted by Crippen LogP contribution is 2.38. The van der Waals surface area contributed by atoms with Crippen molar-refractivity contribution < 1.29 is 0 Å². The normalized spacial score (nSPS) is 10.9. The van der Waals surface area contributed by atoms with Crippen LogP contribution in [0.5, 0.6) is 0 Å². The minimum absolute atomic E-state index is 0.565. The molecule has 0 aliphatic heterocycles. The van der Waals surface area contributed by atoms with E-state index in [0.29, 0.717) is 4.47 Å². The van der Waals surface area contributed by atoms with Crippen molar-refractivity contribution in [2.45, 2.75) is 0 Å². The molecule has 29 heavy (non-hydrogen) atoms. The number of nitrogens with zero attached hydrogens (tertiary/aromatic N) is 2. The van der Waals surface area contributed by atoms with Gasteiger partial charge in [0.15, 0.2) is 4.47 Å². The van der Waals surface area contributed by atoms with Gasteiger partial charge in [0, 0.05) is 17.1 Å². The van der Waals surface area contributed by atoms with Crippen molar-refractivity contribution in [2.24, 2.45) is 0 Å². The highest BCUT2D eigenvalue weighted by molar-refractivity contribution is 7.22. The Labute approximate surface area is 178 Å². The molecule has 0 aliphatic carbocycles. The van der Waals surface area contributed by atoms with Gasteiger partial charge < -0.3 is 4.90 Å². The molecule has 0 radical (unpaired) electrons. The molecular formula is C25H17ClN2S. The van der Waals surface area contributed by atoms with Crippen LogP contribution in [0.3, 0.4) is 0 Å². The standard InChI is InChI=1S/C25H17ClN2S/c26-25-27-23-16-15-22(17-24(23)29-25)28(20-9-5-2-6-10-20)21-13-11-19(12-14-21)18-7-3-1-4-8-18/h1-17H. The predicted octanol–water partition coefficient (Wildman–Crippen LogP) is 8.09. The first kappa shape index (κ1) is 17.9. The van der Waals surface area contributed by atoms with E-state index >= 15 is 0 Å². The van der Waals surface area contributed by atoms with Crippen molar-refractivity contribution in [3.05, 3.63) is 108 Å². The molecule has 0 amide bonds. The van der Waals surface area contributed by atoms with Gasteiger partial charge in [-0.1, -0.05) is 72.3 Å². The maximum Gasteiger partial charge on any atom is 0.184 e. The Kier molecular flexibility index (Phi) is 4.76. The fourth-order valence-corrected chi connectivity index (χ4v) is 4.55. The Balaban J connectivity index is 1.60. The Morgan fingerprint density at radius 3 is 1.93 bits per heavy atom. The number of halogens is 1. The van der Waals surface area contributed by atoms with Crippen LogP contribution in [0.15, 0.2) is 103 Å². The molecule has 140 valence electrons. The lowest BCUT2D eigenvalue weighted by molar-refractivity contribution is 1.29. The fraction of sp³-hybridized carbons (Fsp3) is 0. The second kappa shape index (κ2) is 7.70. The molecule has 0 atom stereocenters. The molecule has 0 fully saturated rings. The number of fused-ring (bicyclic) bond motifs is 1. The number of hydrogen-bond acceptors (Lipinski definition) is 3. The molecule has 0 aliphatic rings. The predicted molar refractivity (Wildman–Crippen MR) is 125 cm³/mol. The molecule has 1 aromatic heterocycles. The molecule has 5 rings (SSSR count). The lowest BCUT2D eigenvalue weighted by Crippen LogP contribution is -2.09. The van der Waals surface area contributed by atoms with Gasteiger partial charge in [0.05, 0.1) is 10.2 Å². The van der Waals surface area contributed by atoms with Crippen LogP contribution in [0.4, 0.5) is 17.1 Å². The second-order valence-electron chi connectivity index (χ2n) is 6.70. The molecule has 4 aromatic carbocycles. The van der Waals surface area contributed by atoms with Gasteiger partial charge in [0.1, 0.15) is 0 Å². The average Bonchev–Trinajstić information content (AvgIpc) is 3.15. The van der Waals surface area contributed by atoms with Crippen LogP contribution >= 0.6 is 22.9 Å². The monoisotopic (exact) mass is 412 g/mol. The van der Waals surface area contributed by atoms with E-state index in [-0.39, 0.29) is 0 Å². The van der Waals surface area contributed by atoms with Crippen LogP contribution in [0.1, 0.15) is 0 Å². The van der Waals surface area contributed by atoms with Crippen LogP contribution < -0.4 is 4.90 Å². The number of rotatable bonds is 4. The van der Waals surface area contributed by atoms with Crippen molar-refractivity contribution in [1.82, 2.24) is 4.98 Å². The molecule has 0 bridgehead atoms. The van der Waals surface area contributed by atoms with Gasteiger partial charge in [-0.25, -0.2) is 4.98 Å². The Morgan fingerprint density at radius 2 is 1.21 bits per heavy atom. The van der Waals surface area contributed by atoms with Crippen LogP contribution in [0.25, 0.3) is 21.3 Å². The van der Waals surface area contributed by atoms with Gasteiger partial charge in [-0.2, -0.15) is 0 Å². The van der Waals surface area contributed by atoms with Crippen LogP contribution in [0, 0.1) is 0 Å². The Hall–Kier alpha value is -3.14. The van der Waals surface area contributed by atoms with Crippen molar-refractivity contribution >= 4 is 50.2 Å². The largest absolute Gasteiger partial charge is 0.310 e. The minimum atomic E-state index is 0.565. The SMILES string of the molecule is Clc1nc2ccc(N(c3ccccc3)c3ccc(-c4ccccc4)cc3)cc2s1. The summed E-state index contributed by atoms with van der Waals surface area (Å²) in [4.78, 5) is 6.62. The van der Waals surface area contributed by atoms with Crippen LogP contribution in [0.2, 0.25) is 4.47 Å². The third-order valence-electron chi connectivity index (χ3n) is 4.85. The number of benzene rings is 4. The molecule has 0 unspecified atom stereocenters. The average molecular weight is 413 g/mol. The number of para-hydroxylation sites is 1. The number of hydrogen-bond donors (Lipinski definition) is 0. The zero-order valence-electron chi connectivity index (χ0n) is 15.5. The third kappa shape index (κ3) is 3.63. The Morgan fingerprint density at radius 1 is 0.621 bits per heavy atom. The number of thiazole rings is 1. The summed E-state index contributed by atoms with van der Waals surface area (Å²) >= 11 is 7.62. The van der Waals surface area contributed by atoms with E-state index in [0.717, 1.165) is 27.3 Å². The maximum absolute atomic E-state index is 6.12. The van der Waals surface area contributed by atoms with E-state index in [4.69, 9.17) is 11.6 Å². The van der Waals surface area contributed by atoms with Gasteiger partial charge in [-0.05, 0) is 53.6 Å². The highest BCUT2D eigenvalue weighted by atomic mass is 35.5. The van der Waals surface area contributed by atoms with E-state index in [1.165, 1.54) is 22.5 Å². The first-order chi connectivity index (χ1) is 14.3. The first-order valence-corrected chi connectivity index (χ1v) is 10.5. The summed E-state index contributed by atoms with van der Waals surface area (Å²) in [6.45, 7) is 0. The summed E-state index contributed by atoms with van der Waals surface area (Å²) in [5, 5.41) is 0. The fourth-order valence-electron chi connectivity index (χ4n) is 3.48. The molecule has 1 heterocycles. The zero-order valence-corrected chi connectivity index (χ0v) is 17.1. The van der Waals surface area contributed by atoms with Gasteiger partial charge >= 0.3 is 0 Å². The molecule has 0 spiro atoms. The smallest absolute Gasteiger partial charge is 0.184 e. The van der Waals surface area contributed by atoms with Crippen molar-refractivity contribution in [3.63, 3.8) is 0 Å². The summed E-state index contributed by atoms with van der Waals surface area (Å²) in [6, 6.07) is 35.8. The first-order valence-electron chi connectivity index (χ1n) is 9.35. The van der Waals surface area contributed by atoms with E-state index in [1.54, 1.807) is 0 Å². The lowest BCUT2D eigenvalue weighted by atomic mass is 10.0. The molecule has 5 aromatic rings. The Bertz CT molecular complexity index is 1250. The van der Waals surface area contributed by atoms with Crippen LogP contribution in [-0.2, 0) is 0 Å². The minimum Gasteiger partial charge on any atom is -0.310 e.